The lowest BCUT2D eigenvalue weighted by Gasteiger charge is -2.19. The molecule has 0 spiro atoms. The summed E-state index contributed by atoms with van der Waals surface area (Å²) in [6.45, 7) is 3.66. The Morgan fingerprint density at radius 1 is 0.882 bits per heavy atom. The number of anilines is 1. The van der Waals surface area contributed by atoms with Gasteiger partial charge in [-0.05, 0) is 67.6 Å². The van der Waals surface area contributed by atoms with Gasteiger partial charge in [0.25, 0.3) is 0 Å². The van der Waals surface area contributed by atoms with E-state index in [9.17, 15) is 9.59 Å². The van der Waals surface area contributed by atoms with Gasteiger partial charge in [0.1, 0.15) is 0 Å². The second kappa shape index (κ2) is 14.9. The number of nitrogens with one attached hydrogen (secondary N) is 1. The van der Waals surface area contributed by atoms with Crippen molar-refractivity contribution in [2.45, 2.75) is 59.8 Å². The molecule has 0 saturated heterocycles. The first kappa shape index (κ1) is 29.8. The van der Waals surface area contributed by atoms with E-state index in [1.807, 2.05) is 13.0 Å². The number of Topliss-reactive ketones (excluding diaryl/α,β-unsaturated/α-hetero) is 2. The molecule has 3 N–H and O–H groups in total. The van der Waals surface area contributed by atoms with Gasteiger partial charge in [0, 0.05) is 64.6 Å². The molecule has 184 valence electrons. The SMILES string of the molecule is C.CC1=C(N)CCCC1=O.CC1=C(Nc2ccncc2Cl)CCCC1=O.Clc1cnccc1Br. The fraction of sp³-hybridized carbons (Fsp3) is 0.360. The quantitative estimate of drug-likeness (QED) is 0.394. The Hall–Kier alpha value is -2.22. The first-order valence-corrected chi connectivity index (χ1v) is 12.1. The lowest BCUT2D eigenvalue weighted by Crippen LogP contribution is -2.14. The normalized spacial score (nSPS) is 15.4. The largest absolute Gasteiger partial charge is 0.402 e. The van der Waals surface area contributed by atoms with Crippen molar-refractivity contribution >= 4 is 56.4 Å². The van der Waals surface area contributed by atoms with E-state index in [1.54, 1.807) is 37.8 Å². The van der Waals surface area contributed by atoms with E-state index in [4.69, 9.17) is 28.9 Å². The van der Waals surface area contributed by atoms with Crippen molar-refractivity contribution < 1.29 is 9.59 Å². The number of carbonyl (C=O) groups is 2. The van der Waals surface area contributed by atoms with Gasteiger partial charge in [-0.25, -0.2) is 0 Å². The molecular weight excluding hydrogens is 539 g/mol. The lowest BCUT2D eigenvalue weighted by atomic mass is 9.96. The molecule has 2 aromatic rings. The molecular formula is C25H31BrCl2N4O2. The number of aromatic nitrogens is 2. The summed E-state index contributed by atoms with van der Waals surface area (Å²) in [4.78, 5) is 30.1. The highest BCUT2D eigenvalue weighted by Crippen LogP contribution is 2.27. The summed E-state index contributed by atoms with van der Waals surface area (Å²) in [6.07, 6.45) is 11.5. The minimum absolute atomic E-state index is 0. The highest BCUT2D eigenvalue weighted by molar-refractivity contribution is 9.10. The summed E-state index contributed by atoms with van der Waals surface area (Å²) in [5.41, 5.74) is 9.69. The van der Waals surface area contributed by atoms with Crippen molar-refractivity contribution in [2.24, 2.45) is 5.73 Å². The Morgan fingerprint density at radius 2 is 1.44 bits per heavy atom. The van der Waals surface area contributed by atoms with E-state index in [0.29, 0.717) is 22.9 Å². The first-order valence-electron chi connectivity index (χ1n) is 10.5. The van der Waals surface area contributed by atoms with Crippen molar-refractivity contribution in [2.75, 3.05) is 5.32 Å². The summed E-state index contributed by atoms with van der Waals surface area (Å²) in [6, 6.07) is 3.60. The van der Waals surface area contributed by atoms with Gasteiger partial charge in [-0.2, -0.15) is 0 Å². The molecule has 9 heteroatoms. The first-order chi connectivity index (χ1) is 15.7. The molecule has 0 atom stereocenters. The minimum Gasteiger partial charge on any atom is -0.402 e. The monoisotopic (exact) mass is 568 g/mol. The Labute approximate surface area is 220 Å². The molecule has 6 nitrogen and oxygen atoms in total. The summed E-state index contributed by atoms with van der Waals surface area (Å²) in [7, 11) is 0. The Balaban J connectivity index is 0.000000274. The molecule has 0 bridgehead atoms. The molecule has 0 aromatic carbocycles. The third-order valence-electron chi connectivity index (χ3n) is 5.23. The number of nitrogens with zero attached hydrogens (tertiary/aromatic N) is 2. The van der Waals surface area contributed by atoms with Gasteiger partial charge < -0.3 is 11.1 Å². The maximum Gasteiger partial charge on any atom is 0.160 e. The zero-order valence-electron chi connectivity index (χ0n) is 18.6. The van der Waals surface area contributed by atoms with Crippen LogP contribution in [0.25, 0.3) is 0 Å². The van der Waals surface area contributed by atoms with Crippen LogP contribution in [0.15, 0.2) is 63.9 Å². The van der Waals surface area contributed by atoms with Crippen LogP contribution in [0.4, 0.5) is 5.69 Å². The molecule has 0 unspecified atom stereocenters. The van der Waals surface area contributed by atoms with E-state index in [-0.39, 0.29) is 19.0 Å². The topological polar surface area (TPSA) is 98.0 Å². The summed E-state index contributed by atoms with van der Waals surface area (Å²) in [5.74, 6) is 0.442. The average molecular weight is 570 g/mol. The van der Waals surface area contributed by atoms with Gasteiger partial charge in [0.2, 0.25) is 0 Å². The number of pyridine rings is 2. The van der Waals surface area contributed by atoms with Crippen molar-refractivity contribution in [3.63, 3.8) is 0 Å². The Morgan fingerprint density at radius 3 is 1.94 bits per heavy atom. The molecule has 4 rings (SSSR count). The van der Waals surface area contributed by atoms with Gasteiger partial charge in [0.15, 0.2) is 11.6 Å². The number of hydrogen-bond acceptors (Lipinski definition) is 6. The number of nitrogens with two attached hydrogens (primary N) is 1. The van der Waals surface area contributed by atoms with Gasteiger partial charge >= 0.3 is 0 Å². The van der Waals surface area contributed by atoms with Gasteiger partial charge in [-0.1, -0.05) is 30.6 Å². The average Bonchev–Trinajstić information content (AvgIpc) is 2.79. The Kier molecular flexibility index (Phi) is 13.1. The zero-order valence-corrected chi connectivity index (χ0v) is 21.7. The second-order valence-corrected chi connectivity index (χ2v) is 9.25. The maximum absolute atomic E-state index is 11.5. The smallest absolute Gasteiger partial charge is 0.160 e. The van der Waals surface area contributed by atoms with Crippen molar-refractivity contribution in [1.82, 2.24) is 9.97 Å². The highest BCUT2D eigenvalue weighted by atomic mass is 79.9. The highest BCUT2D eigenvalue weighted by Gasteiger charge is 2.17. The van der Waals surface area contributed by atoms with Crippen LogP contribution < -0.4 is 11.1 Å². The van der Waals surface area contributed by atoms with Crippen LogP contribution in [-0.2, 0) is 9.59 Å². The van der Waals surface area contributed by atoms with Crippen LogP contribution in [0.3, 0.4) is 0 Å². The third-order valence-corrected chi connectivity index (χ3v) is 6.75. The Bertz CT molecular complexity index is 1050. The zero-order chi connectivity index (χ0) is 24.4. The number of rotatable bonds is 2. The van der Waals surface area contributed by atoms with Crippen LogP contribution >= 0.6 is 39.1 Å². The molecule has 2 heterocycles. The standard InChI is InChI=1S/C12H13ClN2O.C7H11NO.C5H3BrClN.CH4/c1-8-10(3-2-4-12(8)16)15-11-5-6-14-7-9(11)13;1-5-6(8)3-2-4-7(5)9;6-4-1-2-8-3-5(4)7;/h5-7H,2-4H2,1H3,(H,14,15);2-4,8H2,1H3;1-3H;1H4. The molecule has 0 radical (unpaired) electrons. The van der Waals surface area contributed by atoms with Crippen LogP contribution in [0.1, 0.15) is 59.8 Å². The number of ketones is 2. The number of carbonyl (C=O) groups excluding carboxylic acids is 2. The number of allylic oxidation sites excluding steroid dienone is 4. The van der Waals surface area contributed by atoms with Crippen molar-refractivity contribution in [1.29, 1.82) is 0 Å². The fourth-order valence-corrected chi connectivity index (χ4v) is 3.62. The van der Waals surface area contributed by atoms with E-state index in [2.05, 4.69) is 31.2 Å². The van der Waals surface area contributed by atoms with E-state index < -0.39 is 0 Å². The van der Waals surface area contributed by atoms with E-state index >= 15 is 0 Å². The summed E-state index contributed by atoms with van der Waals surface area (Å²) in [5, 5.41) is 4.43. The molecule has 2 aromatic heterocycles. The van der Waals surface area contributed by atoms with Crippen LogP contribution in [0.2, 0.25) is 10.0 Å². The fourth-order valence-electron chi connectivity index (χ4n) is 3.12. The molecule has 0 aliphatic heterocycles. The summed E-state index contributed by atoms with van der Waals surface area (Å²) >= 11 is 14.8. The van der Waals surface area contributed by atoms with Gasteiger partial charge in [0.05, 0.1) is 15.7 Å². The molecule has 0 fully saturated rings. The number of halogens is 3. The third kappa shape index (κ3) is 9.20. The molecule has 2 aliphatic carbocycles. The van der Waals surface area contributed by atoms with Crippen LogP contribution in [0, 0.1) is 0 Å². The maximum atomic E-state index is 11.5. The molecule has 2 aliphatic rings. The van der Waals surface area contributed by atoms with Crippen molar-refractivity contribution in [3.8, 4) is 0 Å². The molecule has 0 amide bonds. The number of hydrogen-bond donors (Lipinski definition) is 2. The van der Waals surface area contributed by atoms with Crippen LogP contribution in [-0.4, -0.2) is 21.5 Å². The van der Waals surface area contributed by atoms with E-state index in [0.717, 1.165) is 58.4 Å². The summed E-state index contributed by atoms with van der Waals surface area (Å²) < 4.78 is 0.883. The predicted molar refractivity (Wildman–Crippen MR) is 144 cm³/mol. The minimum atomic E-state index is 0. The second-order valence-electron chi connectivity index (χ2n) is 7.58. The van der Waals surface area contributed by atoms with Gasteiger partial charge in [-0.3, -0.25) is 19.6 Å². The molecule has 34 heavy (non-hydrogen) atoms. The predicted octanol–water partition coefficient (Wildman–Crippen LogP) is 7.28. The molecule has 0 saturated carbocycles. The lowest BCUT2D eigenvalue weighted by molar-refractivity contribution is -0.116. The van der Waals surface area contributed by atoms with Crippen LogP contribution in [0.5, 0.6) is 0 Å². The van der Waals surface area contributed by atoms with E-state index in [1.165, 1.54) is 0 Å². The van der Waals surface area contributed by atoms with Crippen molar-refractivity contribution in [3.05, 3.63) is 74.0 Å². The van der Waals surface area contributed by atoms with Gasteiger partial charge in [-0.15, -0.1) is 0 Å².